The van der Waals surface area contributed by atoms with E-state index < -0.39 is 0 Å². The minimum atomic E-state index is 0.656. The van der Waals surface area contributed by atoms with Gasteiger partial charge in [0.2, 0.25) is 0 Å². The minimum Gasteiger partial charge on any atom is -0.397 e. The zero-order valence-electron chi connectivity index (χ0n) is 6.61. The maximum atomic E-state index is 5.70. The van der Waals surface area contributed by atoms with Crippen LogP contribution in [-0.2, 0) is 0 Å². The molecule has 3 heteroatoms. The van der Waals surface area contributed by atoms with Crippen LogP contribution in [0.15, 0.2) is 10.5 Å². The van der Waals surface area contributed by atoms with Gasteiger partial charge < -0.3 is 11.5 Å². The Kier molecular flexibility index (Phi) is 2.09. The second-order valence-electron chi connectivity index (χ2n) is 2.64. The lowest BCUT2D eigenvalue weighted by molar-refractivity contribution is 1.35. The Morgan fingerprint density at radius 3 is 2.36 bits per heavy atom. The van der Waals surface area contributed by atoms with E-state index in [4.69, 9.17) is 11.5 Å². The van der Waals surface area contributed by atoms with Crippen molar-refractivity contribution in [3.63, 3.8) is 0 Å². The molecule has 0 aromatic heterocycles. The van der Waals surface area contributed by atoms with Crippen LogP contribution in [0, 0.1) is 13.8 Å². The summed E-state index contributed by atoms with van der Waals surface area (Å²) in [7, 11) is 0. The maximum absolute atomic E-state index is 5.70. The molecule has 0 atom stereocenters. The van der Waals surface area contributed by atoms with Crippen molar-refractivity contribution in [2.75, 3.05) is 11.5 Å². The molecule has 0 fully saturated rings. The van der Waals surface area contributed by atoms with Crippen LogP contribution in [0.3, 0.4) is 0 Å². The minimum absolute atomic E-state index is 0.656. The molecule has 2 nitrogen and oxygen atoms in total. The summed E-state index contributed by atoms with van der Waals surface area (Å²) in [6.45, 7) is 3.94. The van der Waals surface area contributed by atoms with Gasteiger partial charge in [-0.05, 0) is 31.0 Å². The van der Waals surface area contributed by atoms with Crippen molar-refractivity contribution in [1.82, 2.24) is 0 Å². The number of nitrogens with two attached hydrogens (primary N) is 2. The molecule has 0 spiro atoms. The molecule has 60 valence electrons. The predicted molar refractivity (Wildman–Crippen MR) is 52.4 cm³/mol. The van der Waals surface area contributed by atoms with Gasteiger partial charge in [0.15, 0.2) is 0 Å². The molecule has 0 radical (unpaired) electrons. The number of hydrogen-bond acceptors (Lipinski definition) is 2. The molecule has 0 aliphatic carbocycles. The van der Waals surface area contributed by atoms with E-state index in [1.807, 2.05) is 19.9 Å². The maximum Gasteiger partial charge on any atom is 0.0589 e. The molecule has 0 aliphatic heterocycles. The SMILES string of the molecule is Cc1cc(N)c(N)c(C)c1Br. The van der Waals surface area contributed by atoms with Crippen molar-refractivity contribution < 1.29 is 0 Å². The summed E-state index contributed by atoms with van der Waals surface area (Å²) in [6, 6.07) is 1.87. The molecule has 0 unspecified atom stereocenters. The zero-order chi connectivity index (χ0) is 8.59. The third-order valence-electron chi connectivity index (χ3n) is 1.76. The van der Waals surface area contributed by atoms with Crippen LogP contribution in [0.4, 0.5) is 11.4 Å². The fourth-order valence-electron chi connectivity index (χ4n) is 1.00. The van der Waals surface area contributed by atoms with Gasteiger partial charge in [-0.3, -0.25) is 0 Å². The van der Waals surface area contributed by atoms with Crippen LogP contribution in [0.1, 0.15) is 11.1 Å². The highest BCUT2D eigenvalue weighted by Crippen LogP contribution is 2.30. The van der Waals surface area contributed by atoms with Gasteiger partial charge in [0.05, 0.1) is 11.4 Å². The first-order valence-electron chi connectivity index (χ1n) is 3.34. The fourth-order valence-corrected chi connectivity index (χ4v) is 1.33. The molecule has 1 aromatic rings. The van der Waals surface area contributed by atoms with Crippen molar-refractivity contribution in [1.29, 1.82) is 0 Å². The molecule has 0 bridgehead atoms. The largest absolute Gasteiger partial charge is 0.397 e. The lowest BCUT2D eigenvalue weighted by Crippen LogP contribution is -1.99. The van der Waals surface area contributed by atoms with Crippen LogP contribution in [0.25, 0.3) is 0 Å². The summed E-state index contributed by atoms with van der Waals surface area (Å²) in [6.07, 6.45) is 0. The molecule has 1 rings (SSSR count). The number of aryl methyl sites for hydroxylation is 1. The van der Waals surface area contributed by atoms with Crippen LogP contribution >= 0.6 is 15.9 Å². The van der Waals surface area contributed by atoms with E-state index in [0.29, 0.717) is 11.4 Å². The lowest BCUT2D eigenvalue weighted by atomic mass is 10.1. The Labute approximate surface area is 74.7 Å². The highest BCUT2D eigenvalue weighted by atomic mass is 79.9. The van der Waals surface area contributed by atoms with Crippen LogP contribution in [0.5, 0.6) is 0 Å². The van der Waals surface area contributed by atoms with E-state index in [2.05, 4.69) is 15.9 Å². The van der Waals surface area contributed by atoms with E-state index in [1.165, 1.54) is 0 Å². The predicted octanol–water partition coefficient (Wildman–Crippen LogP) is 2.23. The third-order valence-corrected chi connectivity index (χ3v) is 2.98. The van der Waals surface area contributed by atoms with Crippen molar-refractivity contribution in [2.24, 2.45) is 0 Å². The lowest BCUT2D eigenvalue weighted by Gasteiger charge is -2.08. The highest BCUT2D eigenvalue weighted by Gasteiger charge is 2.05. The third kappa shape index (κ3) is 1.33. The van der Waals surface area contributed by atoms with Gasteiger partial charge in [0.25, 0.3) is 0 Å². The molecule has 1 aromatic carbocycles. The molecule has 0 saturated heterocycles. The molecule has 4 N–H and O–H groups in total. The normalized spacial score (nSPS) is 10.1. The summed E-state index contributed by atoms with van der Waals surface area (Å²) >= 11 is 3.43. The van der Waals surface area contributed by atoms with E-state index in [9.17, 15) is 0 Å². The van der Waals surface area contributed by atoms with Crippen molar-refractivity contribution in [3.05, 3.63) is 21.7 Å². The number of halogens is 1. The molecule has 0 heterocycles. The molecule has 0 aliphatic rings. The van der Waals surface area contributed by atoms with Crippen molar-refractivity contribution in [3.8, 4) is 0 Å². The van der Waals surface area contributed by atoms with Crippen LogP contribution in [0.2, 0.25) is 0 Å². The van der Waals surface area contributed by atoms with Gasteiger partial charge in [0, 0.05) is 4.47 Å². The number of rotatable bonds is 0. The molecular formula is C8H11BrN2. The summed E-state index contributed by atoms with van der Waals surface area (Å²) in [4.78, 5) is 0. The Bertz CT molecular complexity index is 268. The summed E-state index contributed by atoms with van der Waals surface area (Å²) < 4.78 is 1.05. The van der Waals surface area contributed by atoms with Gasteiger partial charge in [0.1, 0.15) is 0 Å². The Morgan fingerprint density at radius 2 is 1.82 bits per heavy atom. The smallest absolute Gasteiger partial charge is 0.0589 e. The van der Waals surface area contributed by atoms with Crippen LogP contribution in [-0.4, -0.2) is 0 Å². The average molecular weight is 215 g/mol. The first-order chi connectivity index (χ1) is 5.04. The summed E-state index contributed by atoms with van der Waals surface area (Å²) in [5, 5.41) is 0. The highest BCUT2D eigenvalue weighted by molar-refractivity contribution is 9.10. The Balaban J connectivity index is 3.46. The first kappa shape index (κ1) is 8.40. The fraction of sp³-hybridized carbons (Fsp3) is 0.250. The van der Waals surface area contributed by atoms with Crippen molar-refractivity contribution >= 4 is 27.3 Å². The van der Waals surface area contributed by atoms with E-state index >= 15 is 0 Å². The van der Waals surface area contributed by atoms with Gasteiger partial charge >= 0.3 is 0 Å². The average Bonchev–Trinajstić information content (AvgIpc) is 1.97. The molecule has 0 amide bonds. The second-order valence-corrected chi connectivity index (χ2v) is 3.43. The first-order valence-corrected chi connectivity index (χ1v) is 4.14. The second kappa shape index (κ2) is 2.74. The number of anilines is 2. The standard InChI is InChI=1S/C8H11BrN2/c1-4-3-6(10)8(11)5(2)7(4)9/h3H,10-11H2,1-2H3. The zero-order valence-corrected chi connectivity index (χ0v) is 8.20. The topological polar surface area (TPSA) is 52.0 Å². The monoisotopic (exact) mass is 214 g/mol. The Morgan fingerprint density at radius 1 is 1.27 bits per heavy atom. The summed E-state index contributed by atoms with van der Waals surface area (Å²) in [5.74, 6) is 0. The molecule has 11 heavy (non-hydrogen) atoms. The summed E-state index contributed by atoms with van der Waals surface area (Å²) in [5.41, 5.74) is 14.8. The number of hydrogen-bond donors (Lipinski definition) is 2. The number of benzene rings is 1. The van der Waals surface area contributed by atoms with Gasteiger partial charge in [-0.1, -0.05) is 15.9 Å². The van der Waals surface area contributed by atoms with Gasteiger partial charge in [-0.2, -0.15) is 0 Å². The Hall–Kier alpha value is -0.700. The van der Waals surface area contributed by atoms with Crippen molar-refractivity contribution in [2.45, 2.75) is 13.8 Å². The molecular weight excluding hydrogens is 204 g/mol. The van der Waals surface area contributed by atoms with E-state index in [1.54, 1.807) is 0 Å². The van der Waals surface area contributed by atoms with Gasteiger partial charge in [-0.15, -0.1) is 0 Å². The van der Waals surface area contributed by atoms with E-state index in [0.717, 1.165) is 15.6 Å². The van der Waals surface area contributed by atoms with Crippen LogP contribution < -0.4 is 11.5 Å². The quantitative estimate of drug-likeness (QED) is 0.652. The van der Waals surface area contributed by atoms with E-state index in [-0.39, 0.29) is 0 Å². The van der Waals surface area contributed by atoms with Gasteiger partial charge in [-0.25, -0.2) is 0 Å². The number of nitrogen functional groups attached to an aromatic ring is 2. The molecule has 0 saturated carbocycles.